The van der Waals surface area contributed by atoms with E-state index in [1.165, 1.54) is 12.1 Å². The first-order valence-electron chi connectivity index (χ1n) is 10.7. The van der Waals surface area contributed by atoms with Crippen LogP contribution in [-0.4, -0.2) is 22.3 Å². The Bertz CT molecular complexity index is 1070. The van der Waals surface area contributed by atoms with Crippen molar-refractivity contribution in [1.82, 2.24) is 0 Å². The number of thiocarbonyl (C=S) groups is 1. The van der Waals surface area contributed by atoms with Gasteiger partial charge in [-0.05, 0) is 60.7 Å². The van der Waals surface area contributed by atoms with Crippen LogP contribution in [-0.2, 0) is 0 Å². The number of methoxy groups -OCH3 is 1. The third-order valence-corrected chi connectivity index (χ3v) is 6.45. The fraction of sp³-hybridized carbons (Fsp3) is 0.269. The fourth-order valence-corrected chi connectivity index (χ4v) is 4.90. The van der Waals surface area contributed by atoms with Crippen LogP contribution < -0.4 is 9.64 Å². The quantitative estimate of drug-likeness (QED) is 0.435. The second-order valence-corrected chi connectivity index (χ2v) is 8.55. The van der Waals surface area contributed by atoms with Gasteiger partial charge in [-0.2, -0.15) is 0 Å². The normalized spacial score (nSPS) is 19.2. The SMILES string of the molecule is COc1ccc([C@@H]2[C@H](CCC(O)c3ccc(F)cc3)CC(=S)N2c2ccccc2)c(O)c1. The molecule has 1 aliphatic heterocycles. The Morgan fingerprint density at radius 3 is 2.47 bits per heavy atom. The van der Waals surface area contributed by atoms with E-state index in [0.29, 0.717) is 30.6 Å². The number of ether oxygens (including phenoxy) is 1. The Morgan fingerprint density at radius 1 is 1.09 bits per heavy atom. The average Bonchev–Trinajstić information content (AvgIpc) is 3.14. The van der Waals surface area contributed by atoms with E-state index in [0.717, 1.165) is 16.2 Å². The number of aliphatic hydroxyl groups is 1. The highest BCUT2D eigenvalue weighted by atomic mass is 32.1. The van der Waals surface area contributed by atoms with Crippen LogP contribution >= 0.6 is 12.2 Å². The van der Waals surface area contributed by atoms with Crippen molar-refractivity contribution < 1.29 is 19.3 Å². The van der Waals surface area contributed by atoms with Gasteiger partial charge in [0.2, 0.25) is 0 Å². The van der Waals surface area contributed by atoms with Crippen LogP contribution in [0.25, 0.3) is 0 Å². The van der Waals surface area contributed by atoms with Crippen LogP contribution in [0.2, 0.25) is 0 Å². The first-order chi connectivity index (χ1) is 15.5. The van der Waals surface area contributed by atoms with Gasteiger partial charge in [-0.25, -0.2) is 4.39 Å². The van der Waals surface area contributed by atoms with Crippen LogP contribution in [0, 0.1) is 11.7 Å². The number of aliphatic hydroxyl groups excluding tert-OH is 1. The molecular formula is C26H26FNO3S. The summed E-state index contributed by atoms with van der Waals surface area (Å²) in [6, 6.07) is 21.0. The third-order valence-electron chi connectivity index (χ3n) is 6.09. The van der Waals surface area contributed by atoms with E-state index in [4.69, 9.17) is 17.0 Å². The Kier molecular flexibility index (Phi) is 6.72. The number of rotatable bonds is 7. The van der Waals surface area contributed by atoms with Gasteiger partial charge in [0.1, 0.15) is 17.3 Å². The fourth-order valence-electron chi connectivity index (χ4n) is 4.47. The van der Waals surface area contributed by atoms with Crippen molar-refractivity contribution in [3.63, 3.8) is 0 Å². The maximum Gasteiger partial charge on any atom is 0.124 e. The van der Waals surface area contributed by atoms with E-state index in [9.17, 15) is 14.6 Å². The molecule has 0 aromatic heterocycles. The first-order valence-corrected chi connectivity index (χ1v) is 11.1. The average molecular weight is 452 g/mol. The second kappa shape index (κ2) is 9.67. The first kappa shape index (κ1) is 22.2. The molecule has 3 atom stereocenters. The molecule has 0 amide bonds. The van der Waals surface area contributed by atoms with Crippen molar-refractivity contribution in [2.45, 2.75) is 31.4 Å². The highest BCUT2D eigenvalue weighted by Gasteiger charge is 2.40. The molecule has 1 aliphatic rings. The number of hydrogen-bond donors (Lipinski definition) is 2. The minimum atomic E-state index is -0.694. The zero-order valence-corrected chi connectivity index (χ0v) is 18.6. The van der Waals surface area contributed by atoms with Crippen LogP contribution in [0.5, 0.6) is 11.5 Å². The zero-order chi connectivity index (χ0) is 22.7. The molecule has 32 heavy (non-hydrogen) atoms. The smallest absolute Gasteiger partial charge is 0.124 e. The van der Waals surface area contributed by atoms with Gasteiger partial charge in [0, 0.05) is 23.7 Å². The van der Waals surface area contributed by atoms with Crippen LogP contribution in [0.15, 0.2) is 72.8 Å². The number of hydrogen-bond acceptors (Lipinski definition) is 4. The Balaban J connectivity index is 1.63. The van der Waals surface area contributed by atoms with Crippen molar-refractivity contribution >= 4 is 22.9 Å². The van der Waals surface area contributed by atoms with Crippen molar-refractivity contribution in [2.24, 2.45) is 5.92 Å². The monoisotopic (exact) mass is 451 g/mol. The Labute approximate surface area is 192 Å². The molecule has 1 fully saturated rings. The molecule has 1 unspecified atom stereocenters. The highest BCUT2D eigenvalue weighted by molar-refractivity contribution is 7.80. The summed E-state index contributed by atoms with van der Waals surface area (Å²) >= 11 is 5.77. The Hall–Kier alpha value is -2.96. The molecule has 0 saturated carbocycles. The number of phenols is 1. The standard InChI is InChI=1S/C26H26FNO3S/c1-31-21-12-13-22(24(30)16-21)26-18(9-14-23(29)17-7-10-19(27)11-8-17)15-25(32)28(26)20-5-3-2-4-6-20/h2-8,10-13,16,18,23,26,29-30H,9,14-15H2,1H3/t18-,23?,26+/m1/s1. The highest BCUT2D eigenvalue weighted by Crippen LogP contribution is 2.47. The number of halogens is 1. The molecule has 4 rings (SSSR count). The number of phenolic OH excluding ortho intramolecular Hbond substituents is 1. The van der Waals surface area contributed by atoms with Gasteiger partial charge < -0.3 is 19.8 Å². The van der Waals surface area contributed by atoms with Crippen molar-refractivity contribution in [3.8, 4) is 11.5 Å². The van der Waals surface area contributed by atoms with E-state index in [-0.39, 0.29) is 23.5 Å². The molecule has 1 saturated heterocycles. The molecule has 0 bridgehead atoms. The topological polar surface area (TPSA) is 52.9 Å². The number of para-hydroxylation sites is 1. The van der Waals surface area contributed by atoms with Crippen LogP contribution in [0.4, 0.5) is 10.1 Å². The lowest BCUT2D eigenvalue weighted by Gasteiger charge is -2.31. The third kappa shape index (κ3) is 4.61. The Morgan fingerprint density at radius 2 is 1.81 bits per heavy atom. The maximum atomic E-state index is 13.2. The van der Waals surface area contributed by atoms with Gasteiger partial charge in [0.05, 0.1) is 24.2 Å². The zero-order valence-electron chi connectivity index (χ0n) is 17.8. The molecule has 3 aromatic rings. The number of aromatic hydroxyl groups is 1. The molecule has 4 nitrogen and oxygen atoms in total. The lowest BCUT2D eigenvalue weighted by Crippen LogP contribution is -2.28. The summed E-state index contributed by atoms with van der Waals surface area (Å²) in [5.74, 6) is 0.512. The minimum absolute atomic E-state index is 0.0945. The summed E-state index contributed by atoms with van der Waals surface area (Å²) < 4.78 is 18.5. The molecule has 0 aliphatic carbocycles. The van der Waals surface area contributed by atoms with Crippen molar-refractivity contribution in [2.75, 3.05) is 12.0 Å². The van der Waals surface area contributed by atoms with Gasteiger partial charge in [0.15, 0.2) is 0 Å². The summed E-state index contributed by atoms with van der Waals surface area (Å²) in [6.07, 6.45) is 1.18. The van der Waals surface area contributed by atoms with Gasteiger partial charge in [-0.15, -0.1) is 0 Å². The van der Waals surface area contributed by atoms with Gasteiger partial charge in [-0.3, -0.25) is 0 Å². The summed E-state index contributed by atoms with van der Waals surface area (Å²) in [5.41, 5.74) is 2.44. The molecule has 166 valence electrons. The molecular weight excluding hydrogens is 425 g/mol. The molecule has 0 spiro atoms. The molecule has 1 heterocycles. The summed E-state index contributed by atoms with van der Waals surface area (Å²) in [4.78, 5) is 2.91. The largest absolute Gasteiger partial charge is 0.507 e. The van der Waals surface area contributed by atoms with E-state index in [2.05, 4.69) is 4.90 Å². The number of anilines is 1. The summed E-state index contributed by atoms with van der Waals surface area (Å²) in [6.45, 7) is 0. The second-order valence-electron chi connectivity index (χ2n) is 8.08. The number of benzene rings is 3. The summed E-state index contributed by atoms with van der Waals surface area (Å²) in [5, 5.41) is 21.5. The maximum absolute atomic E-state index is 13.2. The molecule has 0 radical (unpaired) electrons. The van der Waals surface area contributed by atoms with Crippen LogP contribution in [0.1, 0.15) is 42.5 Å². The van der Waals surface area contributed by atoms with E-state index < -0.39 is 6.10 Å². The van der Waals surface area contributed by atoms with Crippen molar-refractivity contribution in [3.05, 3.63) is 89.7 Å². The van der Waals surface area contributed by atoms with E-state index >= 15 is 0 Å². The molecule has 6 heteroatoms. The van der Waals surface area contributed by atoms with Gasteiger partial charge in [0.25, 0.3) is 0 Å². The summed E-state index contributed by atoms with van der Waals surface area (Å²) in [7, 11) is 1.56. The molecule has 3 aromatic carbocycles. The van der Waals surface area contributed by atoms with Crippen molar-refractivity contribution in [1.29, 1.82) is 0 Å². The minimum Gasteiger partial charge on any atom is -0.507 e. The van der Waals surface area contributed by atoms with Crippen LogP contribution in [0.3, 0.4) is 0 Å². The lowest BCUT2D eigenvalue weighted by molar-refractivity contribution is 0.155. The van der Waals surface area contributed by atoms with E-state index in [1.54, 1.807) is 25.3 Å². The van der Waals surface area contributed by atoms with E-state index in [1.807, 2.05) is 42.5 Å². The van der Waals surface area contributed by atoms with Gasteiger partial charge in [-0.1, -0.05) is 42.5 Å². The number of nitrogens with zero attached hydrogens (tertiary/aromatic N) is 1. The predicted octanol–water partition coefficient (Wildman–Crippen LogP) is 5.95. The van der Waals surface area contributed by atoms with Gasteiger partial charge >= 0.3 is 0 Å². The molecule has 2 N–H and O–H groups in total. The predicted molar refractivity (Wildman–Crippen MR) is 128 cm³/mol. The lowest BCUT2D eigenvalue weighted by atomic mass is 9.87.